The number of fused-ring (bicyclic) bond motifs is 1. The minimum atomic E-state index is -1.33. The molecule has 1 aliphatic rings. The molecule has 2 heterocycles. The smallest absolute Gasteiger partial charge is 0.256 e. The van der Waals surface area contributed by atoms with Crippen molar-refractivity contribution >= 4 is 27.8 Å². The molecule has 1 fully saturated rings. The number of nitrogens with one attached hydrogen (secondary N) is 2. The minimum Gasteiger partial charge on any atom is -0.496 e. The Hall–Kier alpha value is -3.95. The average molecular weight is 587 g/mol. The summed E-state index contributed by atoms with van der Waals surface area (Å²) in [6.45, 7) is 8.41. The molecule has 2 aromatic heterocycles. The van der Waals surface area contributed by atoms with Gasteiger partial charge in [-0.2, -0.15) is 0 Å². The number of ether oxygens (including phenoxy) is 1. The van der Waals surface area contributed by atoms with Crippen molar-refractivity contribution in [2.75, 3.05) is 21.2 Å². The van der Waals surface area contributed by atoms with Crippen molar-refractivity contribution in [2.24, 2.45) is 0 Å². The predicted octanol–water partition coefficient (Wildman–Crippen LogP) is 5.23. The lowest BCUT2D eigenvalue weighted by molar-refractivity contribution is 0.0952. The number of H-pyrrole nitrogens is 1. The maximum absolute atomic E-state index is 13.9. The zero-order chi connectivity index (χ0) is 30.2. The van der Waals surface area contributed by atoms with Crippen LogP contribution in [0.25, 0.3) is 22.0 Å². The molecule has 0 saturated heterocycles. The highest BCUT2D eigenvalue weighted by atomic mass is 32.2. The van der Waals surface area contributed by atoms with E-state index >= 15 is 0 Å². The van der Waals surface area contributed by atoms with Gasteiger partial charge in [-0.3, -0.25) is 13.6 Å². The molecule has 8 nitrogen and oxygen atoms in total. The molecule has 42 heavy (non-hydrogen) atoms. The summed E-state index contributed by atoms with van der Waals surface area (Å²) in [5, 5.41) is 3.68. The largest absolute Gasteiger partial charge is 0.496 e. The second-order valence-corrected chi connectivity index (χ2v) is 13.2. The first kappa shape index (κ1) is 29.5. The van der Waals surface area contributed by atoms with Gasteiger partial charge in [0, 0.05) is 29.4 Å². The maximum Gasteiger partial charge on any atom is 0.256 e. The molecular weight excluding hydrogens is 548 g/mol. The molecule has 1 amide bonds. The number of aryl methyl sites for hydroxylation is 2. The van der Waals surface area contributed by atoms with E-state index < -0.39 is 11.0 Å². The van der Waals surface area contributed by atoms with Gasteiger partial charge in [0.05, 0.1) is 29.5 Å². The summed E-state index contributed by atoms with van der Waals surface area (Å²) in [5.41, 5.74) is 5.75. The number of aromatic amines is 1. The van der Waals surface area contributed by atoms with Crippen LogP contribution in [0.4, 0.5) is 0 Å². The normalized spacial score (nSPS) is 14.6. The van der Waals surface area contributed by atoms with E-state index in [1.165, 1.54) is 12.7 Å². The SMILES string of the molecule is C=CCC1(S(=O)n2cc(C)c3c(C(=O)NCc4c(OC)cc(C)[nH]c4=O)cc(-c4ccc(CN(C)C)cc4)cc32)CC1. The highest BCUT2D eigenvalue weighted by Crippen LogP contribution is 2.47. The number of methoxy groups -OCH3 is 1. The number of allylic oxidation sites excluding steroid dienone is 1. The van der Waals surface area contributed by atoms with Crippen LogP contribution in [-0.4, -0.2) is 49.9 Å². The van der Waals surface area contributed by atoms with Gasteiger partial charge in [-0.15, -0.1) is 6.58 Å². The van der Waals surface area contributed by atoms with Crippen molar-refractivity contribution in [2.45, 2.75) is 50.9 Å². The average Bonchev–Trinajstić information content (AvgIpc) is 3.67. The van der Waals surface area contributed by atoms with Crippen LogP contribution in [0.15, 0.2) is 66.1 Å². The van der Waals surface area contributed by atoms with E-state index in [2.05, 4.69) is 46.0 Å². The van der Waals surface area contributed by atoms with Gasteiger partial charge in [-0.25, -0.2) is 4.21 Å². The van der Waals surface area contributed by atoms with Crippen LogP contribution in [0, 0.1) is 13.8 Å². The number of pyridine rings is 1. The molecule has 1 aliphatic carbocycles. The van der Waals surface area contributed by atoms with Crippen molar-refractivity contribution in [3.63, 3.8) is 0 Å². The topological polar surface area (TPSA) is 96.4 Å². The Morgan fingerprint density at radius 3 is 2.50 bits per heavy atom. The van der Waals surface area contributed by atoms with Crippen molar-refractivity contribution in [1.29, 1.82) is 0 Å². The van der Waals surface area contributed by atoms with E-state index in [0.717, 1.165) is 47.0 Å². The van der Waals surface area contributed by atoms with Gasteiger partial charge in [0.25, 0.3) is 11.5 Å². The second kappa shape index (κ2) is 11.7. The molecule has 2 aromatic carbocycles. The van der Waals surface area contributed by atoms with Gasteiger partial charge >= 0.3 is 0 Å². The molecule has 0 aliphatic heterocycles. The lowest BCUT2D eigenvalue weighted by Gasteiger charge is -2.16. The first-order valence-electron chi connectivity index (χ1n) is 14.0. The zero-order valence-electron chi connectivity index (χ0n) is 24.9. The molecule has 0 spiro atoms. The first-order valence-corrected chi connectivity index (χ1v) is 15.2. The second-order valence-electron chi connectivity index (χ2n) is 11.4. The Bertz CT molecular complexity index is 1750. The number of amides is 1. The maximum atomic E-state index is 13.9. The molecule has 220 valence electrons. The molecule has 0 radical (unpaired) electrons. The first-order chi connectivity index (χ1) is 20.1. The Balaban J connectivity index is 1.60. The highest BCUT2D eigenvalue weighted by molar-refractivity contribution is 7.85. The molecule has 9 heteroatoms. The Labute approximate surface area is 249 Å². The van der Waals surface area contributed by atoms with E-state index in [1.54, 1.807) is 13.0 Å². The van der Waals surface area contributed by atoms with Crippen LogP contribution in [0.2, 0.25) is 0 Å². The van der Waals surface area contributed by atoms with Gasteiger partial charge in [0.15, 0.2) is 0 Å². The Morgan fingerprint density at radius 1 is 1.17 bits per heavy atom. The van der Waals surface area contributed by atoms with E-state index in [0.29, 0.717) is 29.0 Å². The molecule has 1 saturated carbocycles. The van der Waals surface area contributed by atoms with Crippen LogP contribution < -0.4 is 15.6 Å². The van der Waals surface area contributed by atoms with E-state index in [1.807, 2.05) is 49.4 Å². The van der Waals surface area contributed by atoms with E-state index in [-0.39, 0.29) is 22.8 Å². The van der Waals surface area contributed by atoms with Gasteiger partial charge in [0.1, 0.15) is 16.7 Å². The number of carbonyl (C=O) groups excluding carboxylic acids is 1. The van der Waals surface area contributed by atoms with Crippen LogP contribution in [0.5, 0.6) is 5.75 Å². The zero-order valence-corrected chi connectivity index (χ0v) is 25.7. The molecule has 1 unspecified atom stereocenters. The Kier molecular flexibility index (Phi) is 8.25. The lowest BCUT2D eigenvalue weighted by Crippen LogP contribution is -2.28. The van der Waals surface area contributed by atoms with Gasteiger partial charge in [-0.05, 0) is 87.7 Å². The van der Waals surface area contributed by atoms with Crippen LogP contribution in [0.3, 0.4) is 0 Å². The number of hydrogen-bond acceptors (Lipinski definition) is 5. The molecule has 5 rings (SSSR count). The fraction of sp³-hybridized carbons (Fsp3) is 0.333. The van der Waals surface area contributed by atoms with Crippen molar-refractivity contribution in [1.82, 2.24) is 19.2 Å². The van der Waals surface area contributed by atoms with E-state index in [4.69, 9.17) is 4.74 Å². The van der Waals surface area contributed by atoms with Gasteiger partial charge in [0.2, 0.25) is 0 Å². The summed E-state index contributed by atoms with van der Waals surface area (Å²) in [4.78, 5) is 31.4. The summed E-state index contributed by atoms with van der Waals surface area (Å²) in [5.74, 6) is 0.0925. The van der Waals surface area contributed by atoms with E-state index in [9.17, 15) is 13.8 Å². The number of nitrogens with zero attached hydrogens (tertiary/aromatic N) is 2. The number of rotatable bonds is 11. The molecular formula is C33H38N4O4S. The molecule has 2 N–H and O–H groups in total. The van der Waals surface area contributed by atoms with Crippen molar-refractivity contribution < 1.29 is 13.7 Å². The number of aromatic nitrogens is 2. The van der Waals surface area contributed by atoms with Crippen LogP contribution in [0.1, 0.15) is 52.0 Å². The fourth-order valence-corrected chi connectivity index (χ4v) is 7.24. The van der Waals surface area contributed by atoms with Crippen molar-refractivity contribution in [3.8, 4) is 16.9 Å². The molecule has 4 aromatic rings. The number of hydrogen-bond donors (Lipinski definition) is 2. The third-order valence-corrected chi connectivity index (χ3v) is 9.81. The lowest BCUT2D eigenvalue weighted by atomic mass is 9.97. The molecule has 0 bridgehead atoms. The van der Waals surface area contributed by atoms with Gasteiger partial charge < -0.3 is 19.9 Å². The van der Waals surface area contributed by atoms with Crippen molar-refractivity contribution in [3.05, 3.63) is 99.6 Å². The fourth-order valence-electron chi connectivity index (χ4n) is 5.54. The summed E-state index contributed by atoms with van der Waals surface area (Å²) in [7, 11) is 4.23. The number of benzene rings is 2. The highest BCUT2D eigenvalue weighted by Gasteiger charge is 2.49. The third kappa shape index (κ3) is 5.71. The van der Waals surface area contributed by atoms with Crippen LogP contribution in [-0.2, 0) is 24.1 Å². The van der Waals surface area contributed by atoms with Gasteiger partial charge in [-0.1, -0.05) is 30.3 Å². The summed E-state index contributed by atoms with van der Waals surface area (Å²) in [6, 6.07) is 13.9. The number of carbonyl (C=O) groups is 1. The Morgan fingerprint density at radius 2 is 1.88 bits per heavy atom. The third-order valence-electron chi connectivity index (χ3n) is 7.84. The summed E-state index contributed by atoms with van der Waals surface area (Å²) < 4.78 is 20.9. The summed E-state index contributed by atoms with van der Waals surface area (Å²) in [6.07, 6.45) is 6.14. The van der Waals surface area contributed by atoms with Crippen LogP contribution >= 0.6 is 0 Å². The predicted molar refractivity (Wildman–Crippen MR) is 169 cm³/mol. The molecule has 1 atom stereocenters. The summed E-state index contributed by atoms with van der Waals surface area (Å²) >= 11 is 0. The standard InChI is InChI=1S/C33H38N4O4S/c1-7-12-33(13-14-33)42(40)37-19-21(2)30-26(31(38)34-18-27-29(41-6)15-22(3)35-32(27)39)16-25(17-28(30)37)24-10-8-23(9-11-24)20-36(4)5/h7-11,15-17,19H,1,12-14,18,20H2,2-6H3,(H,34,38)(H,35,39). The monoisotopic (exact) mass is 586 g/mol. The minimum absolute atomic E-state index is 0.00327. The quantitative estimate of drug-likeness (QED) is 0.235.